The lowest BCUT2D eigenvalue weighted by atomic mass is 10.2. The van der Waals surface area contributed by atoms with E-state index in [2.05, 4.69) is 10.2 Å². The summed E-state index contributed by atoms with van der Waals surface area (Å²) in [4.78, 5) is 14.7. The lowest BCUT2D eigenvalue weighted by Crippen LogP contribution is -2.31. The minimum atomic E-state index is -3.56. The van der Waals surface area contributed by atoms with Crippen molar-refractivity contribution in [3.63, 3.8) is 0 Å². The Morgan fingerprint density at radius 1 is 1.06 bits per heavy atom. The van der Waals surface area contributed by atoms with Crippen LogP contribution in [0.2, 0.25) is 5.02 Å². The van der Waals surface area contributed by atoms with Gasteiger partial charge in [0.25, 0.3) is 5.91 Å². The maximum atomic E-state index is 13.0. The number of aromatic nitrogens is 2. The molecule has 1 aromatic heterocycles. The van der Waals surface area contributed by atoms with Crippen LogP contribution in [0.15, 0.2) is 57.8 Å². The summed E-state index contributed by atoms with van der Waals surface area (Å²) in [7, 11) is -0.647. The number of nitrogens with zero attached hydrogens (tertiary/aromatic N) is 4. The molecule has 31 heavy (non-hydrogen) atoms. The first-order chi connectivity index (χ1) is 14.7. The van der Waals surface area contributed by atoms with Gasteiger partial charge in [-0.05, 0) is 42.8 Å². The van der Waals surface area contributed by atoms with Crippen molar-refractivity contribution in [2.75, 3.05) is 20.6 Å². The molecular formula is C21H23ClN4O4S. The van der Waals surface area contributed by atoms with E-state index in [0.717, 1.165) is 10.7 Å². The second-order valence-corrected chi connectivity index (χ2v) is 9.58. The molecule has 10 heteroatoms. The standard InChI is InChI=1S/C21H23ClN4O4S/c1-4-13-26(14-19-23-24-20(30-19)17-7-5-6-8-18(17)22)21(27)15-9-11-16(12-10-15)31(28,29)25(2)3/h5-12H,4,13-14H2,1-3H3. The van der Waals surface area contributed by atoms with Gasteiger partial charge in [0.2, 0.25) is 21.8 Å². The van der Waals surface area contributed by atoms with Gasteiger partial charge in [-0.25, -0.2) is 12.7 Å². The number of hydrogen-bond acceptors (Lipinski definition) is 6. The number of hydrogen-bond donors (Lipinski definition) is 0. The Morgan fingerprint density at radius 2 is 1.74 bits per heavy atom. The van der Waals surface area contributed by atoms with Crippen LogP contribution < -0.4 is 0 Å². The van der Waals surface area contributed by atoms with Gasteiger partial charge < -0.3 is 9.32 Å². The number of amides is 1. The number of halogens is 1. The monoisotopic (exact) mass is 462 g/mol. The molecule has 164 valence electrons. The SMILES string of the molecule is CCCN(Cc1nnc(-c2ccccc2Cl)o1)C(=O)c1ccc(S(=O)(=O)N(C)C)cc1. The Morgan fingerprint density at radius 3 is 2.35 bits per heavy atom. The van der Waals surface area contributed by atoms with E-state index < -0.39 is 10.0 Å². The van der Waals surface area contributed by atoms with Gasteiger partial charge in [-0.15, -0.1) is 10.2 Å². The van der Waals surface area contributed by atoms with Gasteiger partial charge >= 0.3 is 0 Å². The molecule has 3 rings (SSSR count). The van der Waals surface area contributed by atoms with Gasteiger partial charge in [-0.1, -0.05) is 30.7 Å². The fourth-order valence-electron chi connectivity index (χ4n) is 2.91. The molecular weight excluding hydrogens is 440 g/mol. The summed E-state index contributed by atoms with van der Waals surface area (Å²) in [6.45, 7) is 2.55. The molecule has 2 aromatic carbocycles. The summed E-state index contributed by atoms with van der Waals surface area (Å²) in [6.07, 6.45) is 0.727. The summed E-state index contributed by atoms with van der Waals surface area (Å²) >= 11 is 6.18. The van der Waals surface area contributed by atoms with E-state index in [1.54, 1.807) is 23.1 Å². The minimum absolute atomic E-state index is 0.123. The zero-order chi connectivity index (χ0) is 22.6. The van der Waals surface area contributed by atoms with Crippen LogP contribution in [0.4, 0.5) is 0 Å². The summed E-state index contributed by atoms with van der Waals surface area (Å²) in [5.41, 5.74) is 0.992. The molecule has 0 aliphatic rings. The molecule has 0 unspecified atom stereocenters. The molecule has 0 saturated carbocycles. The Labute approximate surface area is 186 Å². The molecule has 0 saturated heterocycles. The quantitative estimate of drug-likeness (QED) is 0.506. The molecule has 0 radical (unpaired) electrons. The molecule has 0 fully saturated rings. The molecule has 1 heterocycles. The second-order valence-electron chi connectivity index (χ2n) is 7.02. The van der Waals surface area contributed by atoms with E-state index in [-0.39, 0.29) is 29.1 Å². The van der Waals surface area contributed by atoms with Crippen LogP contribution in [0.3, 0.4) is 0 Å². The first-order valence-electron chi connectivity index (χ1n) is 9.63. The van der Waals surface area contributed by atoms with Crippen molar-refractivity contribution in [2.45, 2.75) is 24.8 Å². The predicted octanol–water partition coefficient (Wildman–Crippen LogP) is 3.69. The minimum Gasteiger partial charge on any atom is -0.419 e. The third-order valence-corrected chi connectivity index (χ3v) is 6.72. The fourth-order valence-corrected chi connectivity index (χ4v) is 4.03. The molecule has 3 aromatic rings. The van der Waals surface area contributed by atoms with Gasteiger partial charge in [0, 0.05) is 26.2 Å². The van der Waals surface area contributed by atoms with E-state index in [9.17, 15) is 13.2 Å². The van der Waals surface area contributed by atoms with Crippen molar-refractivity contribution in [2.24, 2.45) is 0 Å². The van der Waals surface area contributed by atoms with Crippen LogP contribution >= 0.6 is 11.6 Å². The van der Waals surface area contributed by atoms with E-state index >= 15 is 0 Å². The van der Waals surface area contributed by atoms with E-state index in [1.165, 1.54) is 38.4 Å². The number of carbonyl (C=O) groups excluding carboxylic acids is 1. The van der Waals surface area contributed by atoms with Crippen LogP contribution in [0, 0.1) is 0 Å². The summed E-state index contributed by atoms with van der Waals surface area (Å²) in [6, 6.07) is 13.0. The lowest BCUT2D eigenvalue weighted by Gasteiger charge is -2.20. The molecule has 0 bridgehead atoms. The first-order valence-corrected chi connectivity index (χ1v) is 11.4. The Hall–Kier alpha value is -2.75. The van der Waals surface area contributed by atoms with Crippen molar-refractivity contribution in [1.82, 2.24) is 19.4 Å². The number of rotatable bonds is 8. The highest BCUT2D eigenvalue weighted by atomic mass is 35.5. The van der Waals surface area contributed by atoms with E-state index in [4.69, 9.17) is 16.0 Å². The largest absolute Gasteiger partial charge is 0.419 e. The highest BCUT2D eigenvalue weighted by Gasteiger charge is 2.21. The number of sulfonamides is 1. The third-order valence-electron chi connectivity index (χ3n) is 4.56. The van der Waals surface area contributed by atoms with Crippen LogP contribution in [0.25, 0.3) is 11.5 Å². The summed E-state index contributed by atoms with van der Waals surface area (Å²) in [5, 5.41) is 8.57. The van der Waals surface area contributed by atoms with E-state index in [0.29, 0.717) is 22.7 Å². The summed E-state index contributed by atoms with van der Waals surface area (Å²) in [5.74, 6) is 0.305. The molecule has 0 N–H and O–H groups in total. The van der Waals surface area contributed by atoms with Crippen molar-refractivity contribution in [3.8, 4) is 11.5 Å². The van der Waals surface area contributed by atoms with Crippen LogP contribution in [0.1, 0.15) is 29.6 Å². The van der Waals surface area contributed by atoms with Gasteiger partial charge in [0.05, 0.1) is 22.0 Å². The van der Waals surface area contributed by atoms with Gasteiger partial charge in [0.15, 0.2) is 0 Å². The molecule has 0 atom stereocenters. The Balaban J connectivity index is 1.80. The Bertz CT molecular complexity index is 1160. The average Bonchev–Trinajstić information content (AvgIpc) is 3.21. The lowest BCUT2D eigenvalue weighted by molar-refractivity contribution is 0.0728. The van der Waals surface area contributed by atoms with Gasteiger partial charge in [-0.2, -0.15) is 0 Å². The maximum absolute atomic E-state index is 13.0. The van der Waals surface area contributed by atoms with Crippen LogP contribution in [-0.2, 0) is 16.6 Å². The summed E-state index contributed by atoms with van der Waals surface area (Å²) < 4.78 is 31.3. The maximum Gasteiger partial charge on any atom is 0.254 e. The smallest absolute Gasteiger partial charge is 0.254 e. The number of carbonyl (C=O) groups is 1. The normalized spacial score (nSPS) is 11.6. The second kappa shape index (κ2) is 9.59. The Kier molecular flexibility index (Phi) is 7.09. The molecule has 0 spiro atoms. The highest BCUT2D eigenvalue weighted by molar-refractivity contribution is 7.89. The van der Waals surface area contributed by atoms with Gasteiger partial charge in [0.1, 0.15) is 0 Å². The highest BCUT2D eigenvalue weighted by Crippen LogP contribution is 2.26. The topological polar surface area (TPSA) is 96.6 Å². The molecule has 8 nitrogen and oxygen atoms in total. The van der Waals surface area contributed by atoms with Crippen molar-refractivity contribution in [3.05, 3.63) is 65.0 Å². The zero-order valence-electron chi connectivity index (χ0n) is 17.4. The van der Waals surface area contributed by atoms with Crippen LogP contribution in [0.5, 0.6) is 0 Å². The molecule has 0 aliphatic carbocycles. The predicted molar refractivity (Wildman–Crippen MR) is 117 cm³/mol. The van der Waals surface area contributed by atoms with Gasteiger partial charge in [-0.3, -0.25) is 4.79 Å². The third kappa shape index (κ3) is 5.12. The number of benzene rings is 2. The first kappa shape index (κ1) is 22.9. The molecule has 0 aliphatic heterocycles. The fraction of sp³-hybridized carbons (Fsp3) is 0.286. The van der Waals surface area contributed by atoms with Crippen molar-refractivity contribution in [1.29, 1.82) is 0 Å². The van der Waals surface area contributed by atoms with E-state index in [1.807, 2.05) is 13.0 Å². The average molecular weight is 463 g/mol. The van der Waals surface area contributed by atoms with Crippen molar-refractivity contribution < 1.29 is 17.6 Å². The van der Waals surface area contributed by atoms with Crippen LogP contribution in [-0.4, -0.2) is 54.4 Å². The molecule has 1 amide bonds. The van der Waals surface area contributed by atoms with Crippen molar-refractivity contribution >= 4 is 27.5 Å². The zero-order valence-corrected chi connectivity index (χ0v) is 19.0.